The number of hydrogen-bond acceptors (Lipinski definition) is 4. The minimum Gasteiger partial charge on any atom is -0.479 e. The van der Waals surface area contributed by atoms with E-state index >= 15 is 0 Å². The van der Waals surface area contributed by atoms with Crippen molar-refractivity contribution in [3.63, 3.8) is 0 Å². The molecule has 100 valence electrons. The van der Waals surface area contributed by atoms with Crippen molar-refractivity contribution in [2.24, 2.45) is 0 Å². The summed E-state index contributed by atoms with van der Waals surface area (Å²) < 4.78 is 5.20. The number of hydrogen-bond donors (Lipinski definition) is 1. The van der Waals surface area contributed by atoms with Crippen molar-refractivity contribution in [3.05, 3.63) is 0 Å². The Morgan fingerprint density at radius 2 is 1.82 bits per heavy atom. The van der Waals surface area contributed by atoms with E-state index in [1.54, 1.807) is 0 Å². The second kappa shape index (κ2) is 7.63. The lowest BCUT2D eigenvalue weighted by Crippen LogP contribution is -2.47. The molecule has 0 spiro atoms. The zero-order valence-electron chi connectivity index (χ0n) is 10.9. The van der Waals surface area contributed by atoms with Crippen LogP contribution in [0.1, 0.15) is 20.3 Å². The molecule has 0 aliphatic carbocycles. The first-order chi connectivity index (χ1) is 8.17. The molecule has 5 heteroatoms. The molecule has 1 unspecified atom stereocenters. The molecule has 0 aromatic carbocycles. The maximum atomic E-state index is 10.9. The molecule has 1 rings (SSSR count). The Hall–Kier alpha value is -0.650. The van der Waals surface area contributed by atoms with Gasteiger partial charge in [-0.1, -0.05) is 6.92 Å². The van der Waals surface area contributed by atoms with E-state index in [9.17, 15) is 4.79 Å². The van der Waals surface area contributed by atoms with E-state index in [1.165, 1.54) is 0 Å². The summed E-state index contributed by atoms with van der Waals surface area (Å²) >= 11 is 0. The number of carboxylic acid groups (broad SMARTS) is 1. The first-order valence-corrected chi connectivity index (χ1v) is 6.46. The van der Waals surface area contributed by atoms with Crippen molar-refractivity contribution < 1.29 is 14.6 Å². The average molecular weight is 244 g/mol. The maximum Gasteiger partial charge on any atom is 0.332 e. The Bertz CT molecular complexity index is 228. The van der Waals surface area contributed by atoms with Crippen molar-refractivity contribution in [1.29, 1.82) is 0 Å². The summed E-state index contributed by atoms with van der Waals surface area (Å²) in [5.41, 5.74) is 0. The normalized spacial score (nSPS) is 20.4. The van der Waals surface area contributed by atoms with Crippen LogP contribution in [-0.4, -0.2) is 72.9 Å². The standard InChI is InChI=1S/C12H24N2O3/c1-3-13-7-9-14(10-8-13)6-5-11(12(15)16)17-4-2/h11H,3-10H2,1-2H3,(H,15,16). The number of ether oxygens (including phenoxy) is 1. The van der Waals surface area contributed by atoms with Crippen molar-refractivity contribution in [3.8, 4) is 0 Å². The van der Waals surface area contributed by atoms with Crippen LogP contribution in [0.3, 0.4) is 0 Å². The molecule has 1 saturated heterocycles. The van der Waals surface area contributed by atoms with Crippen molar-refractivity contribution in [1.82, 2.24) is 9.80 Å². The third-order valence-corrected chi connectivity index (χ3v) is 3.26. The number of rotatable bonds is 7. The van der Waals surface area contributed by atoms with Crippen molar-refractivity contribution >= 4 is 5.97 Å². The summed E-state index contributed by atoms with van der Waals surface area (Å²) in [6.07, 6.45) is -0.0702. The lowest BCUT2D eigenvalue weighted by atomic mass is 10.2. The van der Waals surface area contributed by atoms with Crippen LogP contribution in [-0.2, 0) is 9.53 Å². The number of carbonyl (C=O) groups is 1. The fraction of sp³-hybridized carbons (Fsp3) is 0.917. The van der Waals surface area contributed by atoms with E-state index in [0.717, 1.165) is 39.3 Å². The lowest BCUT2D eigenvalue weighted by Gasteiger charge is -2.34. The quantitative estimate of drug-likeness (QED) is 0.707. The second-order valence-corrected chi connectivity index (χ2v) is 4.35. The predicted octanol–water partition coefficient (Wildman–Crippen LogP) is 0.504. The highest BCUT2D eigenvalue weighted by Gasteiger charge is 2.20. The number of likely N-dealkylation sites (N-methyl/N-ethyl adjacent to an activating group) is 1. The van der Waals surface area contributed by atoms with E-state index in [4.69, 9.17) is 9.84 Å². The van der Waals surface area contributed by atoms with Gasteiger partial charge in [0.1, 0.15) is 0 Å². The predicted molar refractivity (Wildman–Crippen MR) is 66.2 cm³/mol. The third-order valence-electron chi connectivity index (χ3n) is 3.26. The zero-order valence-corrected chi connectivity index (χ0v) is 10.9. The molecule has 0 saturated carbocycles. The molecule has 0 radical (unpaired) electrons. The van der Waals surface area contributed by atoms with E-state index in [2.05, 4.69) is 16.7 Å². The Kier molecular flexibility index (Phi) is 6.47. The van der Waals surface area contributed by atoms with Gasteiger partial charge in [-0.3, -0.25) is 0 Å². The Morgan fingerprint density at radius 1 is 1.24 bits per heavy atom. The van der Waals surface area contributed by atoms with Gasteiger partial charge in [-0.2, -0.15) is 0 Å². The fourth-order valence-corrected chi connectivity index (χ4v) is 2.11. The van der Waals surface area contributed by atoms with Gasteiger partial charge in [0.15, 0.2) is 6.10 Å². The van der Waals surface area contributed by atoms with Gasteiger partial charge in [0.25, 0.3) is 0 Å². The summed E-state index contributed by atoms with van der Waals surface area (Å²) in [6, 6.07) is 0. The molecule has 1 aliphatic rings. The summed E-state index contributed by atoms with van der Waals surface area (Å²) in [4.78, 5) is 15.6. The third kappa shape index (κ3) is 5.02. The van der Waals surface area contributed by atoms with Crippen LogP contribution in [0.4, 0.5) is 0 Å². The molecule has 1 N–H and O–H groups in total. The zero-order chi connectivity index (χ0) is 12.7. The van der Waals surface area contributed by atoms with Gasteiger partial charge < -0.3 is 19.6 Å². The molecule has 0 bridgehead atoms. The Balaban J connectivity index is 2.23. The van der Waals surface area contributed by atoms with Crippen molar-refractivity contribution in [2.75, 3.05) is 45.9 Å². The first kappa shape index (κ1) is 14.4. The molecular weight excluding hydrogens is 220 g/mol. The molecular formula is C12H24N2O3. The second-order valence-electron chi connectivity index (χ2n) is 4.35. The number of aliphatic carboxylic acids is 1. The van der Waals surface area contributed by atoms with Gasteiger partial charge in [0.05, 0.1) is 0 Å². The van der Waals surface area contributed by atoms with Crippen LogP contribution >= 0.6 is 0 Å². The molecule has 5 nitrogen and oxygen atoms in total. The SMILES string of the molecule is CCOC(CCN1CCN(CC)CC1)C(=O)O. The van der Waals surface area contributed by atoms with Crippen LogP contribution in [0.5, 0.6) is 0 Å². The minimum absolute atomic E-state index is 0.459. The van der Waals surface area contributed by atoms with Crippen LogP contribution in [0, 0.1) is 0 Å². The highest BCUT2D eigenvalue weighted by Crippen LogP contribution is 2.05. The number of carboxylic acids is 1. The van der Waals surface area contributed by atoms with Gasteiger partial charge in [0, 0.05) is 39.3 Å². The maximum absolute atomic E-state index is 10.9. The summed E-state index contributed by atoms with van der Waals surface area (Å²) in [7, 11) is 0. The van der Waals surface area contributed by atoms with E-state index in [-0.39, 0.29) is 0 Å². The number of nitrogens with zero attached hydrogens (tertiary/aromatic N) is 2. The molecule has 1 atom stereocenters. The Labute approximate surface area is 103 Å². The topological polar surface area (TPSA) is 53.0 Å². The van der Waals surface area contributed by atoms with E-state index in [0.29, 0.717) is 13.0 Å². The highest BCUT2D eigenvalue weighted by molar-refractivity contribution is 5.72. The lowest BCUT2D eigenvalue weighted by molar-refractivity contribution is -0.150. The van der Waals surface area contributed by atoms with Gasteiger partial charge in [-0.25, -0.2) is 4.79 Å². The number of piperazine rings is 1. The van der Waals surface area contributed by atoms with Gasteiger partial charge in [0.2, 0.25) is 0 Å². The molecule has 17 heavy (non-hydrogen) atoms. The summed E-state index contributed by atoms with van der Waals surface area (Å²) in [5.74, 6) is -0.848. The molecule has 0 aromatic rings. The monoisotopic (exact) mass is 244 g/mol. The first-order valence-electron chi connectivity index (χ1n) is 6.46. The molecule has 1 fully saturated rings. The van der Waals surface area contributed by atoms with Gasteiger partial charge >= 0.3 is 5.97 Å². The average Bonchev–Trinajstić information content (AvgIpc) is 2.34. The summed E-state index contributed by atoms with van der Waals surface area (Å²) in [5, 5.41) is 8.96. The van der Waals surface area contributed by atoms with Crippen LogP contribution < -0.4 is 0 Å². The van der Waals surface area contributed by atoms with Gasteiger partial charge in [-0.15, -0.1) is 0 Å². The fourth-order valence-electron chi connectivity index (χ4n) is 2.11. The minimum atomic E-state index is -0.848. The Morgan fingerprint density at radius 3 is 2.29 bits per heavy atom. The van der Waals surface area contributed by atoms with Gasteiger partial charge in [-0.05, 0) is 19.9 Å². The van der Waals surface area contributed by atoms with Crippen LogP contribution in [0.2, 0.25) is 0 Å². The van der Waals surface area contributed by atoms with Crippen LogP contribution in [0.15, 0.2) is 0 Å². The molecule has 1 aliphatic heterocycles. The van der Waals surface area contributed by atoms with E-state index < -0.39 is 12.1 Å². The highest BCUT2D eigenvalue weighted by atomic mass is 16.5. The molecule has 0 amide bonds. The van der Waals surface area contributed by atoms with Crippen molar-refractivity contribution in [2.45, 2.75) is 26.4 Å². The smallest absolute Gasteiger partial charge is 0.332 e. The van der Waals surface area contributed by atoms with E-state index in [1.807, 2.05) is 6.92 Å². The largest absolute Gasteiger partial charge is 0.479 e. The van der Waals surface area contributed by atoms with Crippen LogP contribution in [0.25, 0.3) is 0 Å². The molecule has 1 heterocycles. The summed E-state index contributed by atoms with van der Waals surface area (Å²) in [6.45, 7) is 10.6. The molecule has 0 aromatic heterocycles.